The lowest BCUT2D eigenvalue weighted by molar-refractivity contribution is -0.137. The summed E-state index contributed by atoms with van der Waals surface area (Å²) in [5.74, 6) is 0.231. The molecule has 0 aliphatic carbocycles. The third kappa shape index (κ3) is 4.58. The van der Waals surface area contributed by atoms with E-state index >= 15 is 0 Å². The molecule has 0 aliphatic rings. The third-order valence-electron chi connectivity index (χ3n) is 3.29. The maximum atomic E-state index is 12.5. The lowest BCUT2D eigenvalue weighted by atomic mass is 9.93. The summed E-state index contributed by atoms with van der Waals surface area (Å²) in [7, 11) is 0. The molecule has 2 aromatic rings. The molecule has 0 spiro atoms. The highest BCUT2D eigenvalue weighted by molar-refractivity contribution is 9.10. The number of hydrogen-bond donors (Lipinski definition) is 0. The molecule has 0 aliphatic heterocycles. The lowest BCUT2D eigenvalue weighted by Gasteiger charge is -2.15. The standard InChI is InChI=1S/C16H13Br2F3/c17-10-13(12-3-7-15(18)8-4-12)9-11-1-5-14(6-2-11)16(19,20)21/h1-8,13H,9-10H2. The Morgan fingerprint density at radius 1 is 0.905 bits per heavy atom. The van der Waals surface area contributed by atoms with E-state index in [9.17, 15) is 13.2 Å². The Bertz CT molecular complexity index is 574. The van der Waals surface area contributed by atoms with Crippen molar-refractivity contribution in [2.24, 2.45) is 0 Å². The van der Waals surface area contributed by atoms with Gasteiger partial charge in [0.05, 0.1) is 5.56 Å². The topological polar surface area (TPSA) is 0 Å². The molecule has 1 unspecified atom stereocenters. The molecule has 2 aromatic carbocycles. The summed E-state index contributed by atoms with van der Waals surface area (Å²) in [5, 5.41) is 0.760. The minimum absolute atomic E-state index is 0.231. The van der Waals surface area contributed by atoms with E-state index in [2.05, 4.69) is 31.9 Å². The molecule has 1 atom stereocenters. The fourth-order valence-corrected chi connectivity index (χ4v) is 2.98. The van der Waals surface area contributed by atoms with Gasteiger partial charge >= 0.3 is 6.18 Å². The minimum atomic E-state index is -4.28. The van der Waals surface area contributed by atoms with Crippen LogP contribution in [0.25, 0.3) is 0 Å². The van der Waals surface area contributed by atoms with Crippen LogP contribution in [0.15, 0.2) is 53.0 Å². The average Bonchev–Trinajstić information content (AvgIpc) is 2.45. The predicted molar refractivity (Wildman–Crippen MR) is 85.8 cm³/mol. The number of alkyl halides is 4. The molecule has 0 saturated carbocycles. The summed E-state index contributed by atoms with van der Waals surface area (Å²) in [6, 6.07) is 13.4. The number of hydrogen-bond acceptors (Lipinski definition) is 0. The third-order valence-corrected chi connectivity index (χ3v) is 4.60. The van der Waals surface area contributed by atoms with Crippen molar-refractivity contribution in [1.82, 2.24) is 0 Å². The maximum Gasteiger partial charge on any atom is 0.416 e. The highest BCUT2D eigenvalue weighted by Crippen LogP contribution is 2.30. The SMILES string of the molecule is FC(F)(F)c1ccc(CC(CBr)c2ccc(Br)cc2)cc1. The van der Waals surface area contributed by atoms with Crippen LogP contribution in [0.5, 0.6) is 0 Å². The largest absolute Gasteiger partial charge is 0.416 e. The highest BCUT2D eigenvalue weighted by atomic mass is 79.9. The van der Waals surface area contributed by atoms with Crippen molar-refractivity contribution < 1.29 is 13.2 Å². The molecule has 0 saturated heterocycles. The van der Waals surface area contributed by atoms with Gasteiger partial charge in [0.2, 0.25) is 0 Å². The Labute approximate surface area is 138 Å². The van der Waals surface area contributed by atoms with Crippen LogP contribution in [0.3, 0.4) is 0 Å². The van der Waals surface area contributed by atoms with Gasteiger partial charge in [-0.25, -0.2) is 0 Å². The fourth-order valence-electron chi connectivity index (χ4n) is 2.11. The van der Waals surface area contributed by atoms with Crippen LogP contribution in [0.2, 0.25) is 0 Å². The van der Waals surface area contributed by atoms with Crippen molar-refractivity contribution >= 4 is 31.9 Å². The second-order valence-electron chi connectivity index (χ2n) is 4.80. The molecular formula is C16H13Br2F3. The quantitative estimate of drug-likeness (QED) is 0.516. The lowest BCUT2D eigenvalue weighted by Crippen LogP contribution is -2.07. The normalized spacial score (nSPS) is 13.2. The first-order chi connectivity index (χ1) is 9.90. The van der Waals surface area contributed by atoms with Crippen molar-refractivity contribution in [3.05, 3.63) is 69.7 Å². The molecule has 0 radical (unpaired) electrons. The van der Waals surface area contributed by atoms with Crippen molar-refractivity contribution in [2.75, 3.05) is 5.33 Å². The van der Waals surface area contributed by atoms with Crippen LogP contribution in [0.1, 0.15) is 22.6 Å². The van der Waals surface area contributed by atoms with Crippen molar-refractivity contribution in [3.8, 4) is 0 Å². The molecule has 2 rings (SSSR count). The summed E-state index contributed by atoms with van der Waals surface area (Å²) >= 11 is 6.87. The van der Waals surface area contributed by atoms with E-state index in [4.69, 9.17) is 0 Å². The van der Waals surface area contributed by atoms with E-state index in [0.29, 0.717) is 6.42 Å². The molecule has 0 amide bonds. The number of rotatable bonds is 4. The summed E-state index contributed by atoms with van der Waals surface area (Å²) in [6.45, 7) is 0. The van der Waals surface area contributed by atoms with Gasteiger partial charge in [-0.15, -0.1) is 0 Å². The first kappa shape index (κ1) is 16.6. The van der Waals surface area contributed by atoms with Crippen LogP contribution < -0.4 is 0 Å². The molecule has 0 heterocycles. The van der Waals surface area contributed by atoms with Gasteiger partial charge in [0, 0.05) is 9.80 Å². The summed E-state index contributed by atoms with van der Waals surface area (Å²) in [4.78, 5) is 0. The van der Waals surface area contributed by atoms with E-state index in [1.165, 1.54) is 0 Å². The highest BCUT2D eigenvalue weighted by Gasteiger charge is 2.30. The molecule has 21 heavy (non-hydrogen) atoms. The van der Waals surface area contributed by atoms with Gasteiger partial charge in [-0.2, -0.15) is 13.2 Å². The summed E-state index contributed by atoms with van der Waals surface area (Å²) in [6.07, 6.45) is -3.58. The molecule has 0 aromatic heterocycles. The fraction of sp³-hybridized carbons (Fsp3) is 0.250. The first-order valence-electron chi connectivity index (χ1n) is 6.37. The molecule has 0 bridgehead atoms. The second kappa shape index (κ2) is 6.97. The van der Waals surface area contributed by atoms with Gasteiger partial charge in [0.15, 0.2) is 0 Å². The molecule has 5 heteroatoms. The average molecular weight is 422 g/mol. The Morgan fingerprint density at radius 3 is 1.95 bits per heavy atom. The summed E-state index contributed by atoms with van der Waals surface area (Å²) < 4.78 is 38.6. The molecule has 0 fully saturated rings. The summed E-state index contributed by atoms with van der Waals surface area (Å²) in [5.41, 5.74) is 1.45. The molecule has 0 N–H and O–H groups in total. The van der Waals surface area contributed by atoms with Gasteiger partial charge in [0.25, 0.3) is 0 Å². The van der Waals surface area contributed by atoms with E-state index in [1.54, 1.807) is 12.1 Å². The zero-order valence-corrected chi connectivity index (χ0v) is 14.2. The van der Waals surface area contributed by atoms with Crippen LogP contribution >= 0.6 is 31.9 Å². The van der Waals surface area contributed by atoms with E-state index in [-0.39, 0.29) is 5.92 Å². The zero-order valence-electron chi connectivity index (χ0n) is 11.0. The van der Waals surface area contributed by atoms with Gasteiger partial charge in [0.1, 0.15) is 0 Å². The van der Waals surface area contributed by atoms with Crippen molar-refractivity contribution in [2.45, 2.75) is 18.5 Å². The Balaban J connectivity index is 2.13. The molecular weight excluding hydrogens is 409 g/mol. The van der Waals surface area contributed by atoms with Gasteiger partial charge < -0.3 is 0 Å². The first-order valence-corrected chi connectivity index (χ1v) is 8.29. The number of benzene rings is 2. The smallest absolute Gasteiger partial charge is 0.166 e. The minimum Gasteiger partial charge on any atom is -0.166 e. The van der Waals surface area contributed by atoms with Crippen LogP contribution in [0, 0.1) is 0 Å². The molecule has 112 valence electrons. The molecule has 0 nitrogen and oxygen atoms in total. The van der Waals surface area contributed by atoms with E-state index in [1.807, 2.05) is 24.3 Å². The Kier molecular flexibility index (Phi) is 5.49. The van der Waals surface area contributed by atoms with Crippen LogP contribution in [-0.4, -0.2) is 5.33 Å². The monoisotopic (exact) mass is 420 g/mol. The predicted octanol–water partition coefficient (Wildman–Crippen LogP) is 6.19. The van der Waals surface area contributed by atoms with Gasteiger partial charge in [-0.3, -0.25) is 0 Å². The van der Waals surface area contributed by atoms with Gasteiger partial charge in [-0.05, 0) is 47.7 Å². The van der Waals surface area contributed by atoms with E-state index < -0.39 is 11.7 Å². The maximum absolute atomic E-state index is 12.5. The van der Waals surface area contributed by atoms with Crippen LogP contribution in [-0.2, 0) is 12.6 Å². The number of halogens is 5. The van der Waals surface area contributed by atoms with E-state index in [0.717, 1.165) is 33.1 Å². The Morgan fingerprint density at radius 2 is 1.48 bits per heavy atom. The zero-order chi connectivity index (χ0) is 15.5. The second-order valence-corrected chi connectivity index (χ2v) is 6.36. The Hall–Kier alpha value is -0.810. The van der Waals surface area contributed by atoms with Gasteiger partial charge in [-0.1, -0.05) is 56.1 Å². The van der Waals surface area contributed by atoms with Crippen molar-refractivity contribution in [1.29, 1.82) is 0 Å². The van der Waals surface area contributed by atoms with Crippen molar-refractivity contribution in [3.63, 3.8) is 0 Å². The van der Waals surface area contributed by atoms with Crippen LogP contribution in [0.4, 0.5) is 13.2 Å².